The molecule has 1 aliphatic rings. The van der Waals surface area contributed by atoms with E-state index in [9.17, 15) is 9.90 Å². The lowest BCUT2D eigenvalue weighted by atomic mass is 9.78. The average Bonchev–Trinajstić information content (AvgIpc) is 2.73. The van der Waals surface area contributed by atoms with E-state index in [1.54, 1.807) is 0 Å². The largest absolute Gasteiger partial charge is 0.480 e. The molecule has 1 unspecified atom stereocenters. The van der Waals surface area contributed by atoms with Gasteiger partial charge in [0.25, 0.3) is 0 Å². The molecular weight excluding hydrogens is 362 g/mol. The number of nitrogens with two attached hydrogens (primary N) is 1. The summed E-state index contributed by atoms with van der Waals surface area (Å²) in [4.78, 5) is 11.5. The minimum absolute atomic E-state index is 0.317. The number of carboxylic acids is 1. The van der Waals surface area contributed by atoms with E-state index in [0.717, 1.165) is 27.6 Å². The molecule has 4 heteroatoms. The molecule has 0 heterocycles. The van der Waals surface area contributed by atoms with Gasteiger partial charge < -0.3 is 15.6 Å². The second-order valence-corrected chi connectivity index (χ2v) is 7.84. The zero-order chi connectivity index (χ0) is 20.0. The molecule has 0 saturated carbocycles. The molecule has 1 aliphatic carbocycles. The first kappa shape index (κ1) is 17.7. The molecule has 4 aromatic carbocycles. The number of rotatable bonds is 3. The zero-order valence-electron chi connectivity index (χ0n) is 15.9. The Morgan fingerprint density at radius 3 is 2.38 bits per heavy atom. The lowest BCUT2D eigenvalue weighted by Crippen LogP contribution is -2.52. The predicted octanol–water partition coefficient (Wildman–Crippen LogP) is 5.06. The SMILES string of the molecule is NC1(C(=O)O)CCc2ccc(Oc3ccc4ccc5ccccc5c4c3)cc2C1. The number of benzene rings is 4. The Morgan fingerprint density at radius 1 is 0.862 bits per heavy atom. The van der Waals surface area contributed by atoms with Gasteiger partial charge in [0, 0.05) is 6.42 Å². The second-order valence-electron chi connectivity index (χ2n) is 7.84. The van der Waals surface area contributed by atoms with Crippen LogP contribution in [0.2, 0.25) is 0 Å². The highest BCUT2D eigenvalue weighted by atomic mass is 16.5. The van der Waals surface area contributed by atoms with Gasteiger partial charge in [-0.2, -0.15) is 0 Å². The summed E-state index contributed by atoms with van der Waals surface area (Å²) in [6.07, 6.45) is 1.44. The highest BCUT2D eigenvalue weighted by Crippen LogP contribution is 2.34. The Kier molecular flexibility index (Phi) is 4.03. The molecule has 0 aliphatic heterocycles. The van der Waals surface area contributed by atoms with Crippen LogP contribution >= 0.6 is 0 Å². The number of hydrogen-bond donors (Lipinski definition) is 2. The van der Waals surface area contributed by atoms with E-state index in [1.165, 1.54) is 10.8 Å². The molecular formula is C25H21NO3. The third-order valence-electron chi connectivity index (χ3n) is 5.90. The van der Waals surface area contributed by atoms with Gasteiger partial charge in [-0.25, -0.2) is 0 Å². The molecule has 0 fully saturated rings. The summed E-state index contributed by atoms with van der Waals surface area (Å²) in [5.74, 6) is 0.496. The number of aryl methyl sites for hydroxylation is 1. The number of carboxylic acid groups (broad SMARTS) is 1. The molecule has 29 heavy (non-hydrogen) atoms. The van der Waals surface area contributed by atoms with Gasteiger partial charge in [-0.1, -0.05) is 48.5 Å². The zero-order valence-corrected chi connectivity index (χ0v) is 15.9. The summed E-state index contributed by atoms with van der Waals surface area (Å²) in [6.45, 7) is 0. The van der Waals surface area contributed by atoms with Gasteiger partial charge in [0.1, 0.15) is 17.0 Å². The third kappa shape index (κ3) is 3.12. The Hall–Kier alpha value is -3.37. The fraction of sp³-hybridized carbons (Fsp3) is 0.160. The molecule has 3 N–H and O–H groups in total. The van der Waals surface area contributed by atoms with Crippen molar-refractivity contribution in [3.63, 3.8) is 0 Å². The van der Waals surface area contributed by atoms with Crippen LogP contribution in [0.1, 0.15) is 17.5 Å². The van der Waals surface area contributed by atoms with E-state index in [-0.39, 0.29) is 0 Å². The van der Waals surface area contributed by atoms with Crippen molar-refractivity contribution in [2.45, 2.75) is 24.8 Å². The Morgan fingerprint density at radius 2 is 1.55 bits per heavy atom. The maximum absolute atomic E-state index is 11.5. The monoisotopic (exact) mass is 383 g/mol. The van der Waals surface area contributed by atoms with Crippen molar-refractivity contribution < 1.29 is 14.6 Å². The summed E-state index contributed by atoms with van der Waals surface area (Å²) >= 11 is 0. The molecule has 0 amide bonds. The molecule has 4 aromatic rings. The number of ether oxygens (including phenoxy) is 1. The van der Waals surface area contributed by atoms with Crippen molar-refractivity contribution in [1.29, 1.82) is 0 Å². The fourth-order valence-electron chi connectivity index (χ4n) is 4.22. The van der Waals surface area contributed by atoms with Gasteiger partial charge >= 0.3 is 5.97 Å². The van der Waals surface area contributed by atoms with Crippen molar-refractivity contribution in [2.24, 2.45) is 5.73 Å². The Bertz CT molecular complexity index is 1260. The predicted molar refractivity (Wildman–Crippen MR) is 115 cm³/mol. The van der Waals surface area contributed by atoms with E-state index in [0.29, 0.717) is 25.0 Å². The topological polar surface area (TPSA) is 72.6 Å². The number of fused-ring (bicyclic) bond motifs is 4. The standard InChI is InChI=1S/C25H21NO3/c26-25(24(27)28)12-11-16-7-9-20(13-19(16)15-25)29-21-10-8-18-6-5-17-3-1-2-4-22(17)23(18)14-21/h1-10,13-14H,11-12,15,26H2,(H,27,28). The van der Waals surface area contributed by atoms with Gasteiger partial charge in [0.05, 0.1) is 0 Å². The van der Waals surface area contributed by atoms with E-state index in [1.807, 2.05) is 36.4 Å². The summed E-state index contributed by atoms with van der Waals surface area (Å²) in [6, 6.07) is 24.5. The molecule has 144 valence electrons. The quantitative estimate of drug-likeness (QED) is 0.485. The van der Waals surface area contributed by atoms with Crippen LogP contribution in [0.15, 0.2) is 72.8 Å². The third-order valence-corrected chi connectivity index (χ3v) is 5.90. The number of carbonyl (C=O) groups is 1. The molecule has 4 nitrogen and oxygen atoms in total. The highest BCUT2D eigenvalue weighted by Gasteiger charge is 2.37. The number of aliphatic carboxylic acids is 1. The van der Waals surface area contributed by atoms with E-state index < -0.39 is 11.5 Å². The summed E-state index contributed by atoms with van der Waals surface area (Å²) in [7, 11) is 0. The van der Waals surface area contributed by atoms with E-state index >= 15 is 0 Å². The van der Waals surface area contributed by atoms with Crippen molar-refractivity contribution >= 4 is 27.5 Å². The van der Waals surface area contributed by atoms with Crippen LogP contribution < -0.4 is 10.5 Å². The fourth-order valence-corrected chi connectivity index (χ4v) is 4.22. The summed E-state index contributed by atoms with van der Waals surface area (Å²) < 4.78 is 6.14. The maximum Gasteiger partial charge on any atom is 0.324 e. The van der Waals surface area contributed by atoms with Crippen molar-refractivity contribution in [1.82, 2.24) is 0 Å². The van der Waals surface area contributed by atoms with Crippen LogP contribution in [-0.4, -0.2) is 16.6 Å². The highest BCUT2D eigenvalue weighted by molar-refractivity contribution is 6.07. The van der Waals surface area contributed by atoms with Gasteiger partial charge in [-0.15, -0.1) is 0 Å². The van der Waals surface area contributed by atoms with Crippen LogP contribution in [0.25, 0.3) is 21.5 Å². The molecule has 0 saturated heterocycles. The maximum atomic E-state index is 11.5. The van der Waals surface area contributed by atoms with Gasteiger partial charge in [0.2, 0.25) is 0 Å². The van der Waals surface area contributed by atoms with Crippen molar-refractivity contribution in [2.75, 3.05) is 0 Å². The summed E-state index contributed by atoms with van der Waals surface area (Å²) in [5.41, 5.74) is 6.98. The lowest BCUT2D eigenvalue weighted by molar-refractivity contribution is -0.143. The number of hydrogen-bond acceptors (Lipinski definition) is 3. The van der Waals surface area contributed by atoms with Crippen LogP contribution in [-0.2, 0) is 17.6 Å². The smallest absolute Gasteiger partial charge is 0.324 e. The Balaban J connectivity index is 1.50. The van der Waals surface area contributed by atoms with Crippen LogP contribution in [0.4, 0.5) is 0 Å². The van der Waals surface area contributed by atoms with Crippen LogP contribution in [0.3, 0.4) is 0 Å². The van der Waals surface area contributed by atoms with E-state index in [2.05, 4.69) is 36.4 Å². The van der Waals surface area contributed by atoms with Gasteiger partial charge in [-0.05, 0) is 69.8 Å². The first-order chi connectivity index (χ1) is 14.0. The van der Waals surface area contributed by atoms with Crippen LogP contribution in [0, 0.1) is 0 Å². The van der Waals surface area contributed by atoms with Crippen molar-refractivity contribution in [3.8, 4) is 11.5 Å². The molecule has 0 radical (unpaired) electrons. The average molecular weight is 383 g/mol. The van der Waals surface area contributed by atoms with Crippen LogP contribution in [0.5, 0.6) is 11.5 Å². The minimum Gasteiger partial charge on any atom is -0.480 e. The molecule has 0 bridgehead atoms. The first-order valence-electron chi connectivity index (χ1n) is 9.75. The van der Waals surface area contributed by atoms with Gasteiger partial charge in [-0.3, -0.25) is 4.79 Å². The molecule has 0 spiro atoms. The lowest BCUT2D eigenvalue weighted by Gasteiger charge is -2.31. The Labute approximate surface area is 168 Å². The van der Waals surface area contributed by atoms with Gasteiger partial charge in [0.15, 0.2) is 0 Å². The molecule has 1 atom stereocenters. The first-order valence-corrected chi connectivity index (χ1v) is 9.75. The van der Waals surface area contributed by atoms with E-state index in [4.69, 9.17) is 10.5 Å². The molecule has 0 aromatic heterocycles. The molecule has 5 rings (SSSR count). The summed E-state index contributed by atoms with van der Waals surface area (Å²) in [5, 5.41) is 14.1. The minimum atomic E-state index is -1.20. The second kappa shape index (κ2) is 6.61. The normalized spacial score (nSPS) is 18.5. The van der Waals surface area contributed by atoms with Crippen molar-refractivity contribution in [3.05, 3.63) is 83.9 Å².